The van der Waals surface area contributed by atoms with Gasteiger partial charge in [-0.1, -0.05) is 26.7 Å². The van der Waals surface area contributed by atoms with Crippen LogP contribution in [-0.2, 0) is 0 Å². The van der Waals surface area contributed by atoms with E-state index in [9.17, 15) is 0 Å². The Morgan fingerprint density at radius 2 is 2.00 bits per heavy atom. The van der Waals surface area contributed by atoms with Gasteiger partial charge in [-0.15, -0.1) is 0 Å². The van der Waals surface area contributed by atoms with E-state index in [4.69, 9.17) is 10.2 Å². The maximum absolute atomic E-state index is 9.10. The highest BCUT2D eigenvalue weighted by Crippen LogP contribution is 2.11. The van der Waals surface area contributed by atoms with Crippen molar-refractivity contribution < 1.29 is 10.2 Å². The van der Waals surface area contributed by atoms with E-state index in [0.29, 0.717) is 0 Å². The number of rotatable bonds is 5. The molecule has 0 aromatic rings. The van der Waals surface area contributed by atoms with E-state index < -0.39 is 6.10 Å². The van der Waals surface area contributed by atoms with Crippen molar-refractivity contribution in [2.24, 2.45) is 5.92 Å². The molecule has 0 aliphatic rings. The first-order chi connectivity index (χ1) is 4.72. The van der Waals surface area contributed by atoms with Crippen molar-refractivity contribution in [2.75, 3.05) is 6.61 Å². The molecule has 62 valence electrons. The summed E-state index contributed by atoms with van der Waals surface area (Å²) in [7, 11) is 0. The van der Waals surface area contributed by atoms with E-state index in [1.54, 1.807) is 0 Å². The van der Waals surface area contributed by atoms with Crippen LogP contribution in [0.1, 0.15) is 33.1 Å². The van der Waals surface area contributed by atoms with Gasteiger partial charge in [0.15, 0.2) is 0 Å². The van der Waals surface area contributed by atoms with Crippen molar-refractivity contribution >= 4 is 0 Å². The molecule has 0 amide bonds. The standard InChI is InChI=1S/C8H18O2/c1-3-4-5-7(2)8(10)6-9/h7-10H,3-6H2,1-2H3. The lowest BCUT2D eigenvalue weighted by Gasteiger charge is -2.15. The Morgan fingerprint density at radius 1 is 1.40 bits per heavy atom. The highest BCUT2D eigenvalue weighted by Gasteiger charge is 2.11. The highest BCUT2D eigenvalue weighted by atomic mass is 16.3. The Bertz CT molecular complexity index is 73.7. The fourth-order valence-electron chi connectivity index (χ4n) is 0.898. The van der Waals surface area contributed by atoms with Crippen LogP contribution in [0, 0.1) is 5.92 Å². The van der Waals surface area contributed by atoms with Crippen molar-refractivity contribution in [3.8, 4) is 0 Å². The predicted octanol–water partition coefficient (Wildman–Crippen LogP) is 1.17. The first kappa shape index (κ1) is 9.92. The Labute approximate surface area is 62.9 Å². The first-order valence-corrected chi connectivity index (χ1v) is 4.01. The second kappa shape index (κ2) is 5.69. The van der Waals surface area contributed by atoms with Gasteiger partial charge in [-0.25, -0.2) is 0 Å². The first-order valence-electron chi connectivity index (χ1n) is 4.01. The second-order valence-corrected chi connectivity index (χ2v) is 2.87. The molecule has 0 heterocycles. The molecule has 0 rings (SSSR count). The SMILES string of the molecule is CCCCC(C)C(O)CO. The van der Waals surface area contributed by atoms with Crippen LogP contribution >= 0.6 is 0 Å². The van der Waals surface area contributed by atoms with Crippen molar-refractivity contribution in [3.05, 3.63) is 0 Å². The van der Waals surface area contributed by atoms with Gasteiger partial charge in [0.05, 0.1) is 12.7 Å². The molecule has 0 saturated heterocycles. The third-order valence-electron chi connectivity index (χ3n) is 1.86. The van der Waals surface area contributed by atoms with Gasteiger partial charge in [0, 0.05) is 0 Å². The van der Waals surface area contributed by atoms with E-state index in [1.165, 1.54) is 0 Å². The summed E-state index contributed by atoms with van der Waals surface area (Å²) in [5.74, 6) is 0.241. The van der Waals surface area contributed by atoms with Crippen LogP contribution in [0.2, 0.25) is 0 Å². The van der Waals surface area contributed by atoms with Gasteiger partial charge in [0.1, 0.15) is 0 Å². The topological polar surface area (TPSA) is 40.5 Å². The molecule has 2 nitrogen and oxygen atoms in total. The van der Waals surface area contributed by atoms with Gasteiger partial charge in [-0.2, -0.15) is 0 Å². The van der Waals surface area contributed by atoms with Gasteiger partial charge >= 0.3 is 0 Å². The van der Waals surface area contributed by atoms with Crippen LogP contribution in [0.3, 0.4) is 0 Å². The summed E-state index contributed by atoms with van der Waals surface area (Å²) in [4.78, 5) is 0. The highest BCUT2D eigenvalue weighted by molar-refractivity contribution is 4.62. The lowest BCUT2D eigenvalue weighted by Crippen LogP contribution is -2.21. The lowest BCUT2D eigenvalue weighted by atomic mass is 9.99. The molecule has 0 saturated carbocycles. The molecule has 2 heteroatoms. The molecule has 2 atom stereocenters. The summed E-state index contributed by atoms with van der Waals surface area (Å²) in [6.07, 6.45) is 2.78. The Hall–Kier alpha value is -0.0800. The van der Waals surface area contributed by atoms with Crippen LogP contribution in [0.25, 0.3) is 0 Å². The summed E-state index contributed by atoms with van der Waals surface area (Å²) in [5.41, 5.74) is 0. The molecule has 2 N–H and O–H groups in total. The third kappa shape index (κ3) is 3.85. The van der Waals surface area contributed by atoms with Crippen LogP contribution in [-0.4, -0.2) is 22.9 Å². The van der Waals surface area contributed by atoms with E-state index in [-0.39, 0.29) is 12.5 Å². The maximum Gasteiger partial charge on any atom is 0.0796 e. The van der Waals surface area contributed by atoms with Gasteiger partial charge in [0.2, 0.25) is 0 Å². The number of unbranched alkanes of at least 4 members (excludes halogenated alkanes) is 1. The molecule has 0 radical (unpaired) electrons. The number of hydrogen-bond donors (Lipinski definition) is 2. The van der Waals surface area contributed by atoms with Crippen LogP contribution < -0.4 is 0 Å². The number of aliphatic hydroxyl groups excluding tert-OH is 2. The molecule has 0 bridgehead atoms. The molecule has 0 aromatic heterocycles. The van der Waals surface area contributed by atoms with E-state index in [2.05, 4.69) is 6.92 Å². The minimum absolute atomic E-state index is 0.106. The summed E-state index contributed by atoms with van der Waals surface area (Å²) in [5, 5.41) is 17.7. The number of aliphatic hydroxyl groups is 2. The largest absolute Gasteiger partial charge is 0.394 e. The van der Waals surface area contributed by atoms with Gasteiger partial charge in [-0.3, -0.25) is 0 Å². The molecule has 2 unspecified atom stereocenters. The summed E-state index contributed by atoms with van der Waals surface area (Å²) in [6, 6.07) is 0. The predicted molar refractivity (Wildman–Crippen MR) is 41.8 cm³/mol. The minimum atomic E-state index is -0.522. The molecule has 0 aliphatic heterocycles. The Balaban J connectivity index is 3.31. The van der Waals surface area contributed by atoms with E-state index in [0.717, 1.165) is 19.3 Å². The van der Waals surface area contributed by atoms with Gasteiger partial charge in [-0.05, 0) is 12.3 Å². The zero-order valence-electron chi connectivity index (χ0n) is 6.88. The lowest BCUT2D eigenvalue weighted by molar-refractivity contribution is 0.0496. The van der Waals surface area contributed by atoms with Crippen molar-refractivity contribution in [1.29, 1.82) is 0 Å². The molecular weight excluding hydrogens is 128 g/mol. The molecule has 0 aromatic carbocycles. The van der Waals surface area contributed by atoms with Gasteiger partial charge in [0.25, 0.3) is 0 Å². The molecule has 10 heavy (non-hydrogen) atoms. The monoisotopic (exact) mass is 146 g/mol. The Morgan fingerprint density at radius 3 is 2.40 bits per heavy atom. The average molecular weight is 146 g/mol. The fourth-order valence-corrected chi connectivity index (χ4v) is 0.898. The zero-order chi connectivity index (χ0) is 7.98. The second-order valence-electron chi connectivity index (χ2n) is 2.87. The number of hydrogen-bond acceptors (Lipinski definition) is 2. The van der Waals surface area contributed by atoms with Crippen LogP contribution in [0.4, 0.5) is 0 Å². The minimum Gasteiger partial charge on any atom is -0.394 e. The van der Waals surface area contributed by atoms with Crippen molar-refractivity contribution in [3.63, 3.8) is 0 Å². The average Bonchev–Trinajstić information content (AvgIpc) is 1.98. The van der Waals surface area contributed by atoms with Crippen molar-refractivity contribution in [1.82, 2.24) is 0 Å². The quantitative estimate of drug-likeness (QED) is 0.611. The molecule has 0 spiro atoms. The third-order valence-corrected chi connectivity index (χ3v) is 1.86. The molecule has 0 fully saturated rings. The smallest absolute Gasteiger partial charge is 0.0796 e. The maximum atomic E-state index is 9.10. The summed E-state index contributed by atoms with van der Waals surface area (Å²) < 4.78 is 0. The van der Waals surface area contributed by atoms with Gasteiger partial charge < -0.3 is 10.2 Å². The Kier molecular flexibility index (Phi) is 5.64. The van der Waals surface area contributed by atoms with E-state index >= 15 is 0 Å². The fraction of sp³-hybridized carbons (Fsp3) is 1.00. The summed E-state index contributed by atoms with van der Waals surface area (Å²) in [6.45, 7) is 3.99. The summed E-state index contributed by atoms with van der Waals surface area (Å²) >= 11 is 0. The van der Waals surface area contributed by atoms with Crippen molar-refractivity contribution in [2.45, 2.75) is 39.2 Å². The normalized spacial score (nSPS) is 16.8. The van der Waals surface area contributed by atoms with Crippen LogP contribution in [0.5, 0.6) is 0 Å². The van der Waals surface area contributed by atoms with Crippen LogP contribution in [0.15, 0.2) is 0 Å². The van der Waals surface area contributed by atoms with E-state index in [1.807, 2.05) is 6.92 Å². The molecule has 0 aliphatic carbocycles. The molecular formula is C8H18O2. The zero-order valence-corrected chi connectivity index (χ0v) is 6.88.